The van der Waals surface area contributed by atoms with Crippen molar-refractivity contribution in [1.82, 2.24) is 16.0 Å². The van der Waals surface area contributed by atoms with Gasteiger partial charge in [-0.05, 0) is 36.1 Å². The fraction of sp³-hybridized carbons (Fsp3) is 0.263. The van der Waals surface area contributed by atoms with E-state index in [9.17, 15) is 14.0 Å². The van der Waals surface area contributed by atoms with Gasteiger partial charge in [0.2, 0.25) is 5.91 Å². The van der Waals surface area contributed by atoms with Gasteiger partial charge in [-0.25, -0.2) is 9.18 Å². The molecule has 2 atom stereocenters. The van der Waals surface area contributed by atoms with Crippen LogP contribution in [-0.4, -0.2) is 24.5 Å². The van der Waals surface area contributed by atoms with Crippen LogP contribution in [0.4, 0.5) is 9.18 Å². The number of urea groups is 1. The number of benzene rings is 2. The monoisotopic (exact) mass is 341 g/mol. The molecule has 0 saturated carbocycles. The second-order valence-corrected chi connectivity index (χ2v) is 6.00. The molecule has 2 unspecified atom stereocenters. The average Bonchev–Trinajstić information content (AvgIpc) is 2.62. The Hall–Kier alpha value is -2.89. The Balaban J connectivity index is 1.78. The quantitative estimate of drug-likeness (QED) is 0.800. The summed E-state index contributed by atoms with van der Waals surface area (Å²) < 4.78 is 13.6. The van der Waals surface area contributed by atoms with E-state index < -0.39 is 18.1 Å². The fourth-order valence-corrected chi connectivity index (χ4v) is 2.93. The lowest BCUT2D eigenvalue weighted by Gasteiger charge is -2.25. The van der Waals surface area contributed by atoms with E-state index in [0.29, 0.717) is 18.5 Å². The van der Waals surface area contributed by atoms with Gasteiger partial charge >= 0.3 is 6.03 Å². The van der Waals surface area contributed by atoms with Gasteiger partial charge in [0.1, 0.15) is 11.9 Å². The highest BCUT2D eigenvalue weighted by Crippen LogP contribution is 2.22. The van der Waals surface area contributed by atoms with Crippen molar-refractivity contribution in [3.8, 4) is 0 Å². The summed E-state index contributed by atoms with van der Waals surface area (Å²) in [6.07, 6.45) is 1.43. The topological polar surface area (TPSA) is 70.2 Å². The van der Waals surface area contributed by atoms with Crippen LogP contribution in [0.25, 0.3) is 0 Å². The smallest absolute Gasteiger partial charge is 0.316 e. The summed E-state index contributed by atoms with van der Waals surface area (Å²) in [7, 11) is 0. The summed E-state index contributed by atoms with van der Waals surface area (Å²) in [5.74, 6) is -0.546. The number of rotatable bonds is 4. The van der Waals surface area contributed by atoms with Crippen molar-refractivity contribution in [1.29, 1.82) is 0 Å². The predicted molar refractivity (Wildman–Crippen MR) is 92.4 cm³/mol. The van der Waals surface area contributed by atoms with Gasteiger partial charge in [-0.15, -0.1) is 0 Å². The lowest BCUT2D eigenvalue weighted by molar-refractivity contribution is -0.124. The van der Waals surface area contributed by atoms with Crippen LogP contribution in [0.15, 0.2) is 54.6 Å². The molecular formula is C19H20FN3O2. The highest BCUT2D eigenvalue weighted by molar-refractivity contribution is 5.87. The van der Waals surface area contributed by atoms with Crippen molar-refractivity contribution in [3.63, 3.8) is 0 Å². The molecule has 5 nitrogen and oxygen atoms in total. The number of nitrogens with one attached hydrogen (secondary N) is 3. The number of piperidine rings is 1. The lowest BCUT2D eigenvalue weighted by atomic mass is 9.98. The van der Waals surface area contributed by atoms with Crippen molar-refractivity contribution in [2.45, 2.75) is 24.9 Å². The lowest BCUT2D eigenvalue weighted by Crippen LogP contribution is -2.53. The maximum atomic E-state index is 13.6. The number of carbonyl (C=O) groups excluding carboxylic acids is 2. The first kappa shape index (κ1) is 17.0. The second-order valence-electron chi connectivity index (χ2n) is 6.00. The molecular weight excluding hydrogens is 321 g/mol. The van der Waals surface area contributed by atoms with Crippen molar-refractivity contribution < 1.29 is 14.0 Å². The normalized spacial score (nSPS) is 18.1. The molecule has 2 aromatic rings. The molecule has 1 saturated heterocycles. The SMILES string of the molecule is O=C(NC1CCCNC1=O)NC(c1ccccc1)c1cccc(F)c1. The number of hydrogen-bond donors (Lipinski definition) is 3. The predicted octanol–water partition coefficient (Wildman–Crippen LogP) is 2.49. The summed E-state index contributed by atoms with van der Waals surface area (Å²) >= 11 is 0. The van der Waals surface area contributed by atoms with Crippen LogP contribution in [0.2, 0.25) is 0 Å². The van der Waals surface area contributed by atoms with Crippen LogP contribution >= 0.6 is 0 Å². The Kier molecular flexibility index (Phi) is 5.28. The maximum absolute atomic E-state index is 13.6. The van der Waals surface area contributed by atoms with Crippen LogP contribution < -0.4 is 16.0 Å². The molecule has 6 heteroatoms. The van der Waals surface area contributed by atoms with Crippen LogP contribution in [0.3, 0.4) is 0 Å². The fourth-order valence-electron chi connectivity index (χ4n) is 2.93. The van der Waals surface area contributed by atoms with Gasteiger partial charge < -0.3 is 16.0 Å². The Morgan fingerprint density at radius 3 is 2.60 bits per heavy atom. The molecule has 25 heavy (non-hydrogen) atoms. The number of halogens is 1. The molecule has 1 aliphatic rings. The van der Waals surface area contributed by atoms with E-state index in [1.165, 1.54) is 12.1 Å². The van der Waals surface area contributed by atoms with Gasteiger partial charge in [-0.1, -0.05) is 42.5 Å². The van der Waals surface area contributed by atoms with Gasteiger partial charge in [-0.3, -0.25) is 4.79 Å². The van der Waals surface area contributed by atoms with Gasteiger partial charge in [0.05, 0.1) is 6.04 Å². The summed E-state index contributed by atoms with van der Waals surface area (Å²) in [6.45, 7) is 0.633. The zero-order valence-corrected chi connectivity index (χ0v) is 13.7. The van der Waals surface area contributed by atoms with E-state index in [1.54, 1.807) is 12.1 Å². The zero-order chi connectivity index (χ0) is 17.6. The number of hydrogen-bond acceptors (Lipinski definition) is 2. The second kappa shape index (κ2) is 7.79. The Labute approximate surface area is 145 Å². The third-order valence-corrected chi connectivity index (χ3v) is 4.18. The third-order valence-electron chi connectivity index (χ3n) is 4.18. The number of carbonyl (C=O) groups is 2. The van der Waals surface area contributed by atoms with Crippen molar-refractivity contribution in [2.75, 3.05) is 6.54 Å². The largest absolute Gasteiger partial charge is 0.354 e. The molecule has 0 bridgehead atoms. The Morgan fingerprint density at radius 2 is 1.88 bits per heavy atom. The summed E-state index contributed by atoms with van der Waals surface area (Å²) in [4.78, 5) is 24.2. The summed E-state index contributed by atoms with van der Waals surface area (Å²) in [5, 5.41) is 8.28. The van der Waals surface area contributed by atoms with Crippen molar-refractivity contribution >= 4 is 11.9 Å². The molecule has 2 aromatic carbocycles. The molecule has 1 aliphatic heterocycles. The number of amides is 3. The molecule has 3 rings (SSSR count). The molecule has 1 fully saturated rings. The van der Waals surface area contributed by atoms with E-state index >= 15 is 0 Å². The Morgan fingerprint density at radius 1 is 1.12 bits per heavy atom. The van der Waals surface area contributed by atoms with Crippen molar-refractivity contribution in [3.05, 3.63) is 71.5 Å². The highest BCUT2D eigenvalue weighted by Gasteiger charge is 2.25. The minimum atomic E-state index is -0.544. The minimum absolute atomic E-state index is 0.177. The molecule has 3 N–H and O–H groups in total. The molecule has 0 spiro atoms. The van der Waals surface area contributed by atoms with E-state index in [1.807, 2.05) is 30.3 Å². The van der Waals surface area contributed by atoms with Gasteiger partial charge in [-0.2, -0.15) is 0 Å². The summed E-state index contributed by atoms with van der Waals surface area (Å²) in [6, 6.07) is 13.9. The molecule has 0 aromatic heterocycles. The van der Waals surface area contributed by atoms with Gasteiger partial charge in [0, 0.05) is 6.54 Å². The maximum Gasteiger partial charge on any atom is 0.316 e. The zero-order valence-electron chi connectivity index (χ0n) is 13.7. The third kappa shape index (κ3) is 4.35. The Bertz CT molecular complexity index is 751. The van der Waals surface area contributed by atoms with Gasteiger partial charge in [0.25, 0.3) is 0 Å². The minimum Gasteiger partial charge on any atom is -0.354 e. The van der Waals surface area contributed by atoms with Crippen LogP contribution in [0.1, 0.15) is 30.0 Å². The molecule has 1 heterocycles. The summed E-state index contributed by atoms with van der Waals surface area (Å²) in [5.41, 5.74) is 1.46. The molecule has 0 aliphatic carbocycles. The van der Waals surface area contributed by atoms with E-state index in [-0.39, 0.29) is 11.7 Å². The van der Waals surface area contributed by atoms with Crippen LogP contribution in [-0.2, 0) is 4.79 Å². The molecule has 130 valence electrons. The van der Waals surface area contributed by atoms with Gasteiger partial charge in [0.15, 0.2) is 0 Å². The van der Waals surface area contributed by atoms with E-state index in [0.717, 1.165) is 12.0 Å². The highest BCUT2D eigenvalue weighted by atomic mass is 19.1. The van der Waals surface area contributed by atoms with E-state index in [4.69, 9.17) is 0 Å². The van der Waals surface area contributed by atoms with Crippen LogP contribution in [0, 0.1) is 5.82 Å². The standard InChI is InChI=1S/C19H20FN3O2/c20-15-9-4-8-14(12-15)17(13-6-2-1-3-7-13)23-19(25)22-16-10-5-11-21-18(16)24/h1-4,6-9,12,16-17H,5,10-11H2,(H,21,24)(H2,22,23,25). The van der Waals surface area contributed by atoms with E-state index in [2.05, 4.69) is 16.0 Å². The molecule has 0 radical (unpaired) electrons. The van der Waals surface area contributed by atoms with Crippen LogP contribution in [0.5, 0.6) is 0 Å². The van der Waals surface area contributed by atoms with Crippen molar-refractivity contribution in [2.24, 2.45) is 0 Å². The first-order valence-electron chi connectivity index (χ1n) is 8.28. The first-order chi connectivity index (χ1) is 12.1. The first-order valence-corrected chi connectivity index (χ1v) is 8.28. The molecule has 3 amide bonds. The average molecular weight is 341 g/mol.